The Balaban J connectivity index is 1.65. The lowest BCUT2D eigenvalue weighted by atomic mass is 10.2. The number of nitrogens with one attached hydrogen (secondary N) is 1. The molecule has 0 bridgehead atoms. The Morgan fingerprint density at radius 2 is 2.13 bits per heavy atom. The van der Waals surface area contributed by atoms with Crippen LogP contribution >= 0.6 is 11.3 Å². The third-order valence-electron chi connectivity index (χ3n) is 3.44. The summed E-state index contributed by atoms with van der Waals surface area (Å²) in [4.78, 5) is 18.5. The number of carbonyl (C=O) groups excluding carboxylic acids is 1. The third kappa shape index (κ3) is 6.09. The van der Waals surface area contributed by atoms with Gasteiger partial charge in [0.05, 0.1) is 5.01 Å². The van der Waals surface area contributed by atoms with Gasteiger partial charge in [-0.1, -0.05) is 30.3 Å². The first-order chi connectivity index (χ1) is 11.2. The zero-order valence-electron chi connectivity index (χ0n) is 13.5. The van der Waals surface area contributed by atoms with Crippen LogP contribution in [0.2, 0.25) is 0 Å². The minimum atomic E-state index is -0.102. The summed E-state index contributed by atoms with van der Waals surface area (Å²) in [6, 6.07) is 10.4. The van der Waals surface area contributed by atoms with Gasteiger partial charge in [-0.2, -0.15) is 0 Å². The number of rotatable bonds is 9. The van der Waals surface area contributed by atoms with Crippen molar-refractivity contribution in [3.05, 3.63) is 52.0 Å². The van der Waals surface area contributed by atoms with Crippen molar-refractivity contribution in [1.29, 1.82) is 0 Å². The average Bonchev–Trinajstić information content (AvgIpc) is 3.01. The summed E-state index contributed by atoms with van der Waals surface area (Å²) in [6.45, 7) is 3.07. The number of benzene rings is 1. The number of aromatic nitrogens is 1. The fourth-order valence-corrected chi connectivity index (χ4v) is 3.06. The molecule has 0 saturated heterocycles. The summed E-state index contributed by atoms with van der Waals surface area (Å²) in [6.07, 6.45) is 1.64. The van der Waals surface area contributed by atoms with Crippen molar-refractivity contribution < 1.29 is 4.79 Å². The third-order valence-corrected chi connectivity index (χ3v) is 4.35. The lowest BCUT2D eigenvalue weighted by Gasteiger charge is -2.16. The molecule has 23 heavy (non-hydrogen) atoms. The first-order valence-corrected chi connectivity index (χ1v) is 8.72. The molecule has 2 rings (SSSR count). The summed E-state index contributed by atoms with van der Waals surface area (Å²) in [5.74, 6) is -0.102. The van der Waals surface area contributed by atoms with E-state index in [9.17, 15) is 4.79 Å². The molecule has 2 aromatic rings. The van der Waals surface area contributed by atoms with Crippen molar-refractivity contribution in [2.24, 2.45) is 5.73 Å². The molecule has 124 valence electrons. The Bertz CT molecular complexity index is 600. The molecule has 0 unspecified atom stereocenters. The first kappa shape index (κ1) is 17.6. The predicted molar refractivity (Wildman–Crippen MR) is 94.6 cm³/mol. The van der Waals surface area contributed by atoms with E-state index in [1.54, 1.807) is 5.38 Å². The van der Waals surface area contributed by atoms with E-state index in [4.69, 9.17) is 5.73 Å². The highest BCUT2D eigenvalue weighted by Crippen LogP contribution is 2.09. The van der Waals surface area contributed by atoms with Crippen LogP contribution in [0.25, 0.3) is 0 Å². The molecule has 5 nitrogen and oxygen atoms in total. The van der Waals surface area contributed by atoms with Gasteiger partial charge in [-0.25, -0.2) is 4.98 Å². The molecule has 1 aromatic heterocycles. The van der Waals surface area contributed by atoms with Crippen LogP contribution < -0.4 is 11.1 Å². The second kappa shape index (κ2) is 9.39. The predicted octanol–water partition coefficient (Wildman–Crippen LogP) is 1.90. The fraction of sp³-hybridized carbons (Fsp3) is 0.412. The van der Waals surface area contributed by atoms with Crippen LogP contribution in [0, 0.1) is 0 Å². The Hall–Kier alpha value is -1.76. The molecule has 0 aliphatic rings. The fourth-order valence-electron chi connectivity index (χ4n) is 2.27. The normalized spacial score (nSPS) is 10.9. The van der Waals surface area contributed by atoms with Gasteiger partial charge in [0.2, 0.25) is 0 Å². The Morgan fingerprint density at radius 3 is 2.87 bits per heavy atom. The minimum Gasteiger partial charge on any atom is -0.351 e. The summed E-state index contributed by atoms with van der Waals surface area (Å²) >= 11 is 1.49. The number of nitrogens with two attached hydrogens (primary N) is 1. The molecule has 0 radical (unpaired) electrons. The van der Waals surface area contributed by atoms with E-state index in [0.29, 0.717) is 18.8 Å². The van der Waals surface area contributed by atoms with Gasteiger partial charge in [-0.3, -0.25) is 4.79 Å². The van der Waals surface area contributed by atoms with Crippen LogP contribution in [0.3, 0.4) is 0 Å². The molecule has 0 aliphatic heterocycles. The van der Waals surface area contributed by atoms with E-state index in [1.165, 1.54) is 16.9 Å². The van der Waals surface area contributed by atoms with Crippen LogP contribution in [0.4, 0.5) is 0 Å². The van der Waals surface area contributed by atoms with Gasteiger partial charge < -0.3 is 16.0 Å². The monoisotopic (exact) mass is 332 g/mol. The lowest BCUT2D eigenvalue weighted by Crippen LogP contribution is -2.28. The van der Waals surface area contributed by atoms with Crippen LogP contribution in [-0.4, -0.2) is 42.5 Å². The molecule has 0 spiro atoms. The standard InChI is InChI=1S/C17H24N4OS/c1-21(12-14-6-3-2-4-7-14)11-5-10-19-17(22)15-13-23-16(20-15)8-9-18/h2-4,6-7,13H,5,8-12,18H2,1H3,(H,19,22). The molecule has 1 amide bonds. The average molecular weight is 332 g/mol. The van der Waals surface area contributed by atoms with Gasteiger partial charge in [-0.05, 0) is 32.1 Å². The number of hydrogen-bond acceptors (Lipinski definition) is 5. The maximum absolute atomic E-state index is 12.0. The van der Waals surface area contributed by atoms with Crippen LogP contribution in [0.1, 0.15) is 27.5 Å². The Morgan fingerprint density at radius 1 is 1.35 bits per heavy atom. The molecule has 0 aliphatic carbocycles. The van der Waals surface area contributed by atoms with Crippen molar-refractivity contribution in [2.75, 3.05) is 26.7 Å². The van der Waals surface area contributed by atoms with Crippen molar-refractivity contribution in [2.45, 2.75) is 19.4 Å². The summed E-state index contributed by atoms with van der Waals surface area (Å²) in [5.41, 5.74) is 7.29. The van der Waals surface area contributed by atoms with Gasteiger partial charge in [0, 0.05) is 24.9 Å². The van der Waals surface area contributed by atoms with Gasteiger partial charge in [-0.15, -0.1) is 11.3 Å². The highest BCUT2D eigenvalue weighted by molar-refractivity contribution is 7.09. The molecular weight excluding hydrogens is 308 g/mol. The number of carbonyl (C=O) groups is 1. The number of hydrogen-bond donors (Lipinski definition) is 2. The molecule has 6 heteroatoms. The highest BCUT2D eigenvalue weighted by atomic mass is 32.1. The molecule has 0 fully saturated rings. The van der Waals surface area contributed by atoms with Crippen molar-refractivity contribution in [3.8, 4) is 0 Å². The topological polar surface area (TPSA) is 71.2 Å². The SMILES string of the molecule is CN(CCCNC(=O)c1csc(CCN)n1)Cc1ccccc1. The molecule has 3 N–H and O–H groups in total. The number of thiazole rings is 1. The van der Waals surface area contributed by atoms with Crippen LogP contribution in [0.5, 0.6) is 0 Å². The zero-order valence-corrected chi connectivity index (χ0v) is 14.3. The van der Waals surface area contributed by atoms with E-state index < -0.39 is 0 Å². The van der Waals surface area contributed by atoms with E-state index >= 15 is 0 Å². The summed E-state index contributed by atoms with van der Waals surface area (Å²) in [5, 5.41) is 5.63. The summed E-state index contributed by atoms with van der Waals surface area (Å²) < 4.78 is 0. The summed E-state index contributed by atoms with van der Waals surface area (Å²) in [7, 11) is 2.09. The van der Waals surface area contributed by atoms with Crippen LogP contribution in [-0.2, 0) is 13.0 Å². The smallest absolute Gasteiger partial charge is 0.270 e. The van der Waals surface area contributed by atoms with Crippen molar-refractivity contribution in [1.82, 2.24) is 15.2 Å². The van der Waals surface area contributed by atoms with Crippen LogP contribution in [0.15, 0.2) is 35.7 Å². The molecule has 0 saturated carbocycles. The maximum Gasteiger partial charge on any atom is 0.270 e. The number of amides is 1. The molecule has 1 heterocycles. The first-order valence-electron chi connectivity index (χ1n) is 7.84. The van der Waals surface area contributed by atoms with Gasteiger partial charge >= 0.3 is 0 Å². The zero-order chi connectivity index (χ0) is 16.5. The second-order valence-electron chi connectivity index (χ2n) is 5.50. The van der Waals surface area contributed by atoms with Gasteiger partial charge in [0.15, 0.2) is 0 Å². The van der Waals surface area contributed by atoms with Gasteiger partial charge in [0.1, 0.15) is 5.69 Å². The Kier molecular flexibility index (Phi) is 7.19. The number of nitrogens with zero attached hydrogens (tertiary/aromatic N) is 2. The second-order valence-corrected chi connectivity index (χ2v) is 6.44. The van der Waals surface area contributed by atoms with E-state index in [1.807, 2.05) is 6.07 Å². The Labute approximate surface area is 141 Å². The van der Waals surface area contributed by atoms with Crippen molar-refractivity contribution >= 4 is 17.2 Å². The maximum atomic E-state index is 12.0. The van der Waals surface area contributed by atoms with E-state index in [-0.39, 0.29) is 5.91 Å². The lowest BCUT2D eigenvalue weighted by molar-refractivity contribution is 0.0947. The van der Waals surface area contributed by atoms with E-state index in [2.05, 4.69) is 46.5 Å². The largest absolute Gasteiger partial charge is 0.351 e. The molecule has 0 atom stereocenters. The van der Waals surface area contributed by atoms with Gasteiger partial charge in [0.25, 0.3) is 5.91 Å². The quantitative estimate of drug-likeness (QED) is 0.688. The van der Waals surface area contributed by atoms with Crippen molar-refractivity contribution in [3.63, 3.8) is 0 Å². The molecular formula is C17H24N4OS. The van der Waals surface area contributed by atoms with E-state index in [0.717, 1.165) is 30.9 Å². The highest BCUT2D eigenvalue weighted by Gasteiger charge is 2.09. The molecule has 1 aromatic carbocycles. The minimum absolute atomic E-state index is 0.102.